The molecule has 0 aromatic carbocycles. The van der Waals surface area contributed by atoms with E-state index in [1.54, 1.807) is 19.2 Å². The third-order valence-electron chi connectivity index (χ3n) is 1.15. The fraction of sp³-hybridized carbons (Fsp3) is 0.375. The molecule has 2 nitrogen and oxygen atoms in total. The van der Waals surface area contributed by atoms with Gasteiger partial charge in [0, 0.05) is 5.38 Å². The molecule has 0 aliphatic rings. The molecule has 0 saturated heterocycles. The first-order chi connectivity index (χ1) is 5.53. The Hall–Kier alpha value is -0.720. The van der Waals surface area contributed by atoms with E-state index in [2.05, 4.69) is 10.9 Å². The molecule has 0 N–H and O–H groups in total. The first kappa shape index (κ1) is 9.37. The van der Waals surface area contributed by atoms with Crippen LogP contribution in [0.15, 0.2) is 5.38 Å². The van der Waals surface area contributed by atoms with Crippen LogP contribution in [0.4, 0.5) is 0 Å². The SMILES string of the molecule is C#CC(C)(C)Oc1nc(Cl)cs1. The molecule has 64 valence electrons. The number of aromatic nitrogens is 1. The van der Waals surface area contributed by atoms with Crippen LogP contribution in [0.25, 0.3) is 0 Å². The van der Waals surface area contributed by atoms with Gasteiger partial charge in [0.2, 0.25) is 0 Å². The highest BCUT2D eigenvalue weighted by molar-refractivity contribution is 7.11. The van der Waals surface area contributed by atoms with E-state index in [1.165, 1.54) is 11.3 Å². The molecule has 0 fully saturated rings. The largest absolute Gasteiger partial charge is 0.451 e. The van der Waals surface area contributed by atoms with Crippen LogP contribution in [0.1, 0.15) is 13.8 Å². The molecular formula is C8H8ClNOS. The Morgan fingerprint density at radius 1 is 1.75 bits per heavy atom. The van der Waals surface area contributed by atoms with Gasteiger partial charge in [-0.05, 0) is 13.8 Å². The molecule has 1 aromatic rings. The van der Waals surface area contributed by atoms with Gasteiger partial charge in [0.15, 0.2) is 5.60 Å². The average molecular weight is 202 g/mol. The third-order valence-corrected chi connectivity index (χ3v) is 2.19. The van der Waals surface area contributed by atoms with Gasteiger partial charge < -0.3 is 4.74 Å². The van der Waals surface area contributed by atoms with E-state index in [-0.39, 0.29) is 0 Å². The van der Waals surface area contributed by atoms with E-state index in [1.807, 2.05) is 0 Å². The standard InChI is InChI=1S/C8H8ClNOS/c1-4-8(2,3)11-7-10-6(9)5-12-7/h1,5H,2-3H3. The van der Waals surface area contributed by atoms with Gasteiger partial charge >= 0.3 is 0 Å². The van der Waals surface area contributed by atoms with Gasteiger partial charge in [-0.25, -0.2) is 0 Å². The number of terminal acetylenes is 1. The van der Waals surface area contributed by atoms with Crippen LogP contribution < -0.4 is 4.74 Å². The summed E-state index contributed by atoms with van der Waals surface area (Å²) >= 11 is 6.93. The number of rotatable bonds is 2. The summed E-state index contributed by atoms with van der Waals surface area (Å²) < 4.78 is 5.36. The summed E-state index contributed by atoms with van der Waals surface area (Å²) in [5.41, 5.74) is -0.624. The lowest BCUT2D eigenvalue weighted by Gasteiger charge is -2.16. The van der Waals surface area contributed by atoms with Gasteiger partial charge in [0.05, 0.1) is 0 Å². The van der Waals surface area contributed by atoms with E-state index < -0.39 is 5.60 Å². The number of hydrogen-bond acceptors (Lipinski definition) is 3. The van der Waals surface area contributed by atoms with Crippen molar-refractivity contribution in [2.24, 2.45) is 0 Å². The molecule has 0 atom stereocenters. The molecule has 0 spiro atoms. The molecule has 4 heteroatoms. The second-order valence-electron chi connectivity index (χ2n) is 2.69. The fourth-order valence-electron chi connectivity index (χ4n) is 0.534. The van der Waals surface area contributed by atoms with Crippen molar-refractivity contribution in [3.63, 3.8) is 0 Å². The topological polar surface area (TPSA) is 22.1 Å². The van der Waals surface area contributed by atoms with Crippen LogP contribution in [-0.4, -0.2) is 10.6 Å². The minimum atomic E-state index is -0.624. The first-order valence-electron chi connectivity index (χ1n) is 3.31. The maximum Gasteiger partial charge on any atom is 0.276 e. The van der Waals surface area contributed by atoms with Gasteiger partial charge in [-0.3, -0.25) is 0 Å². The monoisotopic (exact) mass is 201 g/mol. The average Bonchev–Trinajstić information content (AvgIpc) is 2.35. The predicted octanol–water partition coefficient (Wildman–Crippen LogP) is 2.59. The van der Waals surface area contributed by atoms with Crippen molar-refractivity contribution >= 4 is 22.9 Å². The van der Waals surface area contributed by atoms with Gasteiger partial charge in [-0.2, -0.15) is 4.98 Å². The predicted molar refractivity (Wildman–Crippen MR) is 50.7 cm³/mol. The summed E-state index contributed by atoms with van der Waals surface area (Å²) in [4.78, 5) is 3.91. The summed E-state index contributed by atoms with van der Waals surface area (Å²) in [5, 5.41) is 2.63. The highest BCUT2D eigenvalue weighted by Crippen LogP contribution is 2.24. The molecule has 12 heavy (non-hydrogen) atoms. The van der Waals surface area contributed by atoms with Crippen LogP contribution in [-0.2, 0) is 0 Å². The molecule has 1 heterocycles. The quantitative estimate of drug-likeness (QED) is 0.687. The molecule has 0 bridgehead atoms. The fourth-order valence-corrected chi connectivity index (χ4v) is 1.45. The zero-order valence-corrected chi connectivity index (χ0v) is 8.37. The minimum absolute atomic E-state index is 0.433. The first-order valence-corrected chi connectivity index (χ1v) is 4.57. The minimum Gasteiger partial charge on any atom is -0.451 e. The van der Waals surface area contributed by atoms with Crippen molar-refractivity contribution in [1.82, 2.24) is 4.98 Å². The van der Waals surface area contributed by atoms with Crippen LogP contribution >= 0.6 is 22.9 Å². The van der Waals surface area contributed by atoms with Crippen molar-refractivity contribution in [2.75, 3.05) is 0 Å². The molecule has 1 aromatic heterocycles. The Bertz CT molecular complexity index is 313. The lowest BCUT2D eigenvalue weighted by Crippen LogP contribution is -2.25. The molecule has 0 aliphatic carbocycles. The van der Waals surface area contributed by atoms with E-state index in [9.17, 15) is 0 Å². The van der Waals surface area contributed by atoms with Crippen molar-refractivity contribution in [1.29, 1.82) is 0 Å². The molecule has 0 saturated carbocycles. The smallest absolute Gasteiger partial charge is 0.276 e. The summed E-state index contributed by atoms with van der Waals surface area (Å²) in [7, 11) is 0. The second-order valence-corrected chi connectivity index (χ2v) is 3.90. The Kier molecular flexibility index (Phi) is 2.61. The number of halogens is 1. The Morgan fingerprint density at radius 2 is 2.42 bits per heavy atom. The Balaban J connectivity index is 2.72. The van der Waals surface area contributed by atoms with E-state index in [0.717, 1.165) is 0 Å². The van der Waals surface area contributed by atoms with Crippen LogP contribution in [0.3, 0.4) is 0 Å². The van der Waals surface area contributed by atoms with E-state index >= 15 is 0 Å². The normalized spacial score (nSPS) is 10.8. The summed E-state index contributed by atoms with van der Waals surface area (Å²) in [6.45, 7) is 3.59. The van der Waals surface area contributed by atoms with Gasteiger partial charge in [-0.1, -0.05) is 28.9 Å². The van der Waals surface area contributed by atoms with Crippen LogP contribution in [0, 0.1) is 12.3 Å². The molecule has 0 amide bonds. The van der Waals surface area contributed by atoms with Crippen molar-refractivity contribution in [3.05, 3.63) is 10.5 Å². The van der Waals surface area contributed by atoms with E-state index in [0.29, 0.717) is 10.3 Å². The van der Waals surface area contributed by atoms with Crippen molar-refractivity contribution in [3.8, 4) is 17.5 Å². The Labute approximate surface area is 80.5 Å². The molecule has 0 aliphatic heterocycles. The Morgan fingerprint density at radius 3 is 2.83 bits per heavy atom. The lowest BCUT2D eigenvalue weighted by atomic mass is 10.2. The van der Waals surface area contributed by atoms with Gasteiger partial charge in [-0.15, -0.1) is 6.42 Å². The van der Waals surface area contributed by atoms with Crippen molar-refractivity contribution < 1.29 is 4.74 Å². The maximum absolute atomic E-state index is 5.60. The number of ether oxygens (including phenoxy) is 1. The zero-order chi connectivity index (χ0) is 9.19. The number of thiazole rings is 1. The highest BCUT2D eigenvalue weighted by Gasteiger charge is 2.17. The highest BCUT2D eigenvalue weighted by atomic mass is 35.5. The number of hydrogen-bond donors (Lipinski definition) is 0. The molecule has 0 radical (unpaired) electrons. The summed E-state index contributed by atoms with van der Waals surface area (Å²) in [6, 6.07) is 0. The van der Waals surface area contributed by atoms with Crippen molar-refractivity contribution in [2.45, 2.75) is 19.4 Å². The third kappa shape index (κ3) is 2.40. The molecule has 1 rings (SSSR count). The maximum atomic E-state index is 5.60. The number of nitrogens with zero attached hydrogens (tertiary/aromatic N) is 1. The van der Waals surface area contributed by atoms with Gasteiger partial charge in [0.1, 0.15) is 5.15 Å². The summed E-state index contributed by atoms with van der Waals surface area (Å²) in [5.74, 6) is 2.50. The molecule has 0 unspecified atom stereocenters. The van der Waals surface area contributed by atoms with E-state index in [4.69, 9.17) is 22.8 Å². The van der Waals surface area contributed by atoms with Gasteiger partial charge in [0.25, 0.3) is 5.19 Å². The molecular weight excluding hydrogens is 194 g/mol. The zero-order valence-electron chi connectivity index (χ0n) is 6.80. The lowest BCUT2D eigenvalue weighted by molar-refractivity contribution is 0.172. The second kappa shape index (κ2) is 3.34. The van der Waals surface area contributed by atoms with Crippen LogP contribution in [0.5, 0.6) is 5.19 Å². The summed E-state index contributed by atoms with van der Waals surface area (Å²) in [6.07, 6.45) is 5.23. The van der Waals surface area contributed by atoms with Crippen LogP contribution in [0.2, 0.25) is 5.15 Å².